The molecule has 0 aliphatic heterocycles. The van der Waals surface area contributed by atoms with E-state index in [-0.39, 0.29) is 0 Å². The van der Waals surface area contributed by atoms with Crippen molar-refractivity contribution < 1.29 is 13.6 Å². The SMILES string of the molecule is CC(C)C(=O)C(F)F. The monoisotopic (exact) mass is 122 g/mol. The van der Waals surface area contributed by atoms with Crippen molar-refractivity contribution in [2.45, 2.75) is 20.3 Å². The summed E-state index contributed by atoms with van der Waals surface area (Å²) in [6.45, 7) is 2.91. The summed E-state index contributed by atoms with van der Waals surface area (Å²) in [6.07, 6.45) is -2.80. The van der Waals surface area contributed by atoms with Crippen LogP contribution in [-0.4, -0.2) is 12.2 Å². The minimum atomic E-state index is -2.80. The lowest BCUT2D eigenvalue weighted by Gasteiger charge is -1.99. The van der Waals surface area contributed by atoms with E-state index >= 15 is 0 Å². The van der Waals surface area contributed by atoms with E-state index in [1.807, 2.05) is 0 Å². The molecule has 0 fully saturated rings. The first-order valence-electron chi connectivity index (χ1n) is 2.37. The van der Waals surface area contributed by atoms with Crippen LogP contribution in [0.1, 0.15) is 13.8 Å². The molecule has 0 rings (SSSR count). The standard InChI is InChI=1S/C5H8F2O/c1-3(2)4(8)5(6)7/h3,5H,1-2H3. The first-order chi connectivity index (χ1) is 3.55. The molecule has 0 saturated carbocycles. The molecule has 0 aromatic heterocycles. The van der Waals surface area contributed by atoms with E-state index in [4.69, 9.17) is 0 Å². The fourth-order valence-electron chi connectivity index (χ4n) is 0.252. The number of rotatable bonds is 2. The van der Waals surface area contributed by atoms with E-state index in [1.165, 1.54) is 13.8 Å². The maximum atomic E-state index is 11.3. The van der Waals surface area contributed by atoms with Crippen molar-refractivity contribution in [3.05, 3.63) is 0 Å². The lowest BCUT2D eigenvalue weighted by atomic mass is 10.1. The van der Waals surface area contributed by atoms with Crippen LogP contribution in [0.3, 0.4) is 0 Å². The fourth-order valence-corrected chi connectivity index (χ4v) is 0.252. The van der Waals surface area contributed by atoms with Gasteiger partial charge in [-0.15, -0.1) is 0 Å². The summed E-state index contributed by atoms with van der Waals surface area (Å²) in [5, 5.41) is 0. The molecule has 0 atom stereocenters. The Labute approximate surface area is 46.7 Å². The Kier molecular flexibility index (Phi) is 2.58. The lowest BCUT2D eigenvalue weighted by Crippen LogP contribution is -2.16. The quantitative estimate of drug-likeness (QED) is 0.542. The topological polar surface area (TPSA) is 17.1 Å². The van der Waals surface area contributed by atoms with Crippen LogP contribution in [0.2, 0.25) is 0 Å². The third kappa shape index (κ3) is 2.00. The molecule has 0 heterocycles. The number of hydrogen-bond donors (Lipinski definition) is 0. The third-order valence-corrected chi connectivity index (χ3v) is 0.784. The van der Waals surface area contributed by atoms with Crippen molar-refractivity contribution >= 4 is 5.78 Å². The van der Waals surface area contributed by atoms with Gasteiger partial charge in [-0.3, -0.25) is 4.79 Å². The van der Waals surface area contributed by atoms with Crippen LogP contribution in [0.15, 0.2) is 0 Å². The molecule has 0 unspecified atom stereocenters. The van der Waals surface area contributed by atoms with Gasteiger partial charge in [-0.05, 0) is 0 Å². The number of hydrogen-bond acceptors (Lipinski definition) is 1. The van der Waals surface area contributed by atoms with E-state index in [9.17, 15) is 13.6 Å². The average Bonchev–Trinajstić information content (AvgIpc) is 1.64. The van der Waals surface area contributed by atoms with Crippen LogP contribution < -0.4 is 0 Å². The summed E-state index contributed by atoms with van der Waals surface area (Å²) in [6, 6.07) is 0. The molecular weight excluding hydrogens is 114 g/mol. The number of carbonyl (C=O) groups excluding carboxylic acids is 1. The highest BCUT2D eigenvalue weighted by atomic mass is 19.3. The van der Waals surface area contributed by atoms with E-state index in [2.05, 4.69) is 0 Å². The molecule has 1 nitrogen and oxygen atoms in total. The number of carbonyl (C=O) groups is 1. The maximum Gasteiger partial charge on any atom is 0.296 e. The molecule has 0 aliphatic carbocycles. The molecule has 0 aliphatic rings. The highest BCUT2D eigenvalue weighted by Crippen LogP contribution is 2.03. The smallest absolute Gasteiger partial charge is 0.293 e. The fraction of sp³-hybridized carbons (Fsp3) is 0.800. The van der Waals surface area contributed by atoms with E-state index in [0.717, 1.165) is 0 Å². The first kappa shape index (κ1) is 7.53. The Morgan fingerprint density at radius 3 is 1.75 bits per heavy atom. The van der Waals surface area contributed by atoms with Crippen LogP contribution >= 0.6 is 0 Å². The maximum absolute atomic E-state index is 11.3. The van der Waals surface area contributed by atoms with Crippen LogP contribution in [0, 0.1) is 5.92 Å². The van der Waals surface area contributed by atoms with Crippen LogP contribution in [0.4, 0.5) is 8.78 Å². The van der Waals surface area contributed by atoms with Gasteiger partial charge in [0.15, 0.2) is 0 Å². The second-order valence-corrected chi connectivity index (χ2v) is 1.86. The Hall–Kier alpha value is -0.470. The zero-order chi connectivity index (χ0) is 6.73. The minimum Gasteiger partial charge on any atom is -0.293 e. The third-order valence-electron chi connectivity index (χ3n) is 0.784. The van der Waals surface area contributed by atoms with Gasteiger partial charge in [-0.1, -0.05) is 13.8 Å². The summed E-state index contributed by atoms with van der Waals surface area (Å²) in [7, 11) is 0. The molecule has 0 spiro atoms. The molecular formula is C5H8F2O. The van der Waals surface area contributed by atoms with Gasteiger partial charge in [0.1, 0.15) is 0 Å². The molecule has 0 amide bonds. The molecule has 3 heteroatoms. The van der Waals surface area contributed by atoms with E-state index < -0.39 is 18.1 Å². The largest absolute Gasteiger partial charge is 0.296 e. The Morgan fingerprint density at radius 2 is 1.75 bits per heavy atom. The van der Waals surface area contributed by atoms with Gasteiger partial charge in [0.05, 0.1) is 0 Å². The number of Topliss-reactive ketones (excluding diaryl/α,β-unsaturated/α-hetero) is 1. The molecule has 8 heavy (non-hydrogen) atoms. The number of alkyl halides is 2. The summed E-state index contributed by atoms with van der Waals surface area (Å²) >= 11 is 0. The van der Waals surface area contributed by atoms with Crippen molar-refractivity contribution in [1.29, 1.82) is 0 Å². The Bertz CT molecular complexity index is 78.4. The molecule has 0 aromatic carbocycles. The van der Waals surface area contributed by atoms with Gasteiger partial charge < -0.3 is 0 Å². The predicted octanol–water partition coefficient (Wildman–Crippen LogP) is 1.48. The Morgan fingerprint density at radius 1 is 1.38 bits per heavy atom. The highest BCUT2D eigenvalue weighted by Gasteiger charge is 2.17. The second kappa shape index (κ2) is 2.74. The van der Waals surface area contributed by atoms with E-state index in [0.29, 0.717) is 0 Å². The van der Waals surface area contributed by atoms with Gasteiger partial charge >= 0.3 is 0 Å². The van der Waals surface area contributed by atoms with Gasteiger partial charge in [-0.2, -0.15) is 0 Å². The first-order valence-corrected chi connectivity index (χ1v) is 2.37. The zero-order valence-electron chi connectivity index (χ0n) is 4.82. The normalized spacial score (nSPS) is 10.8. The molecule has 0 radical (unpaired) electrons. The van der Waals surface area contributed by atoms with Gasteiger partial charge in [0, 0.05) is 5.92 Å². The summed E-state index contributed by atoms with van der Waals surface area (Å²) in [5.41, 5.74) is 0. The van der Waals surface area contributed by atoms with Gasteiger partial charge in [0.25, 0.3) is 6.43 Å². The molecule has 0 N–H and O–H groups in total. The summed E-state index contributed by atoms with van der Waals surface area (Å²) < 4.78 is 22.7. The minimum absolute atomic E-state index is 0.546. The van der Waals surface area contributed by atoms with Crippen molar-refractivity contribution in [2.24, 2.45) is 5.92 Å². The predicted molar refractivity (Wildman–Crippen MR) is 25.8 cm³/mol. The second-order valence-electron chi connectivity index (χ2n) is 1.86. The molecule has 0 aromatic rings. The van der Waals surface area contributed by atoms with Crippen molar-refractivity contribution in [3.8, 4) is 0 Å². The van der Waals surface area contributed by atoms with Crippen LogP contribution in [0.25, 0.3) is 0 Å². The number of ketones is 1. The number of halogens is 2. The van der Waals surface area contributed by atoms with E-state index in [1.54, 1.807) is 0 Å². The zero-order valence-corrected chi connectivity index (χ0v) is 4.82. The van der Waals surface area contributed by atoms with Crippen molar-refractivity contribution in [2.75, 3.05) is 0 Å². The Balaban J connectivity index is 3.65. The summed E-state index contributed by atoms with van der Waals surface area (Å²) in [4.78, 5) is 10.1. The van der Waals surface area contributed by atoms with Crippen molar-refractivity contribution in [1.82, 2.24) is 0 Å². The van der Waals surface area contributed by atoms with Gasteiger partial charge in [-0.25, -0.2) is 8.78 Å². The van der Waals surface area contributed by atoms with Crippen LogP contribution in [-0.2, 0) is 4.79 Å². The van der Waals surface area contributed by atoms with Crippen molar-refractivity contribution in [3.63, 3.8) is 0 Å². The average molecular weight is 122 g/mol. The molecule has 0 bridgehead atoms. The molecule has 48 valence electrons. The lowest BCUT2D eigenvalue weighted by molar-refractivity contribution is -0.132. The van der Waals surface area contributed by atoms with Crippen LogP contribution in [0.5, 0.6) is 0 Å². The molecule has 0 saturated heterocycles. The summed E-state index contributed by atoms with van der Waals surface area (Å²) in [5.74, 6) is -1.53. The van der Waals surface area contributed by atoms with Gasteiger partial charge in [0.2, 0.25) is 5.78 Å². The highest BCUT2D eigenvalue weighted by molar-refractivity contribution is 5.83.